The summed E-state index contributed by atoms with van der Waals surface area (Å²) in [7, 11) is 0. The van der Waals surface area contributed by atoms with Crippen LogP contribution in [-0.2, 0) is 9.57 Å². The average Bonchev–Trinajstić information content (AvgIpc) is 2.71. The molecule has 0 aromatic carbocycles. The summed E-state index contributed by atoms with van der Waals surface area (Å²) >= 11 is 1.62. The maximum Gasteiger partial charge on any atom is 0.257 e. The molecule has 5 nitrogen and oxygen atoms in total. The van der Waals surface area contributed by atoms with E-state index in [-0.39, 0.29) is 5.90 Å². The van der Waals surface area contributed by atoms with Crippen LogP contribution in [0.1, 0.15) is 34.3 Å². The fourth-order valence-corrected chi connectivity index (χ4v) is 2.99. The lowest BCUT2D eigenvalue weighted by atomic mass is 9.97. The van der Waals surface area contributed by atoms with E-state index in [1.165, 1.54) is 0 Å². The van der Waals surface area contributed by atoms with Crippen LogP contribution < -0.4 is 5.90 Å². The molecule has 0 amide bonds. The van der Waals surface area contributed by atoms with E-state index in [1.807, 2.05) is 6.92 Å². The third-order valence-corrected chi connectivity index (χ3v) is 3.82. The minimum Gasteiger partial charge on any atom is -0.389 e. The summed E-state index contributed by atoms with van der Waals surface area (Å²) in [5.74, 6) is 5.40. The normalized spacial score (nSPS) is 17.4. The van der Waals surface area contributed by atoms with E-state index in [0.29, 0.717) is 11.6 Å². The van der Waals surface area contributed by atoms with Gasteiger partial charge < -0.3 is 9.57 Å². The van der Waals surface area contributed by atoms with Crippen LogP contribution in [0.2, 0.25) is 0 Å². The standard InChI is InChI=1S/C10H15N3O2S/c1-6-13-8(10(11)15-12)9(16-6)7-2-4-14-5-3-7/h7,11H,2-5,12H2,1H3. The van der Waals surface area contributed by atoms with Gasteiger partial charge in [0.2, 0.25) is 0 Å². The molecule has 1 aliphatic heterocycles. The Hall–Kier alpha value is -0.980. The van der Waals surface area contributed by atoms with Crippen molar-refractivity contribution in [3.63, 3.8) is 0 Å². The Bertz CT molecular complexity index is 385. The van der Waals surface area contributed by atoms with Crippen molar-refractivity contribution < 1.29 is 9.57 Å². The SMILES string of the molecule is Cc1nc(C(=N)ON)c(C2CCOCC2)s1. The topological polar surface area (TPSA) is 81.2 Å². The van der Waals surface area contributed by atoms with Gasteiger partial charge in [0.1, 0.15) is 5.69 Å². The number of nitrogens with two attached hydrogens (primary N) is 1. The largest absolute Gasteiger partial charge is 0.389 e. The van der Waals surface area contributed by atoms with Crippen molar-refractivity contribution in [1.29, 1.82) is 5.41 Å². The smallest absolute Gasteiger partial charge is 0.257 e. The highest BCUT2D eigenvalue weighted by Crippen LogP contribution is 2.33. The molecule has 1 fully saturated rings. The monoisotopic (exact) mass is 241 g/mol. The summed E-state index contributed by atoms with van der Waals surface area (Å²) in [5.41, 5.74) is 0.594. The zero-order chi connectivity index (χ0) is 11.5. The van der Waals surface area contributed by atoms with Crippen molar-refractivity contribution in [3.8, 4) is 0 Å². The first-order valence-corrected chi connectivity index (χ1v) is 6.04. The number of hydrogen-bond acceptors (Lipinski definition) is 6. The number of ether oxygens (including phenoxy) is 1. The van der Waals surface area contributed by atoms with Gasteiger partial charge in [-0.15, -0.1) is 11.3 Å². The molecule has 6 heteroatoms. The highest BCUT2D eigenvalue weighted by atomic mass is 32.1. The summed E-state index contributed by atoms with van der Waals surface area (Å²) in [4.78, 5) is 9.89. The minimum atomic E-state index is -0.0501. The van der Waals surface area contributed by atoms with Crippen LogP contribution >= 0.6 is 11.3 Å². The Balaban J connectivity index is 2.27. The van der Waals surface area contributed by atoms with Gasteiger partial charge >= 0.3 is 0 Å². The fraction of sp³-hybridized carbons (Fsp3) is 0.600. The second-order valence-electron chi connectivity index (χ2n) is 3.78. The summed E-state index contributed by atoms with van der Waals surface area (Å²) in [6, 6.07) is 0. The van der Waals surface area contributed by atoms with E-state index >= 15 is 0 Å². The van der Waals surface area contributed by atoms with Crippen molar-refractivity contribution in [3.05, 3.63) is 15.6 Å². The zero-order valence-electron chi connectivity index (χ0n) is 9.16. The highest BCUT2D eigenvalue weighted by Gasteiger charge is 2.24. The molecule has 2 rings (SSSR count). The number of hydrogen-bond donors (Lipinski definition) is 2. The van der Waals surface area contributed by atoms with Gasteiger partial charge in [0, 0.05) is 24.0 Å². The van der Waals surface area contributed by atoms with Gasteiger partial charge in [0.25, 0.3) is 5.90 Å². The molecule has 0 atom stereocenters. The molecule has 0 saturated carbocycles. The Morgan fingerprint density at radius 1 is 1.56 bits per heavy atom. The first-order chi connectivity index (χ1) is 7.72. The Labute approximate surface area is 98.0 Å². The zero-order valence-corrected chi connectivity index (χ0v) is 9.97. The molecule has 3 N–H and O–H groups in total. The molecule has 1 aromatic heterocycles. The van der Waals surface area contributed by atoms with Crippen molar-refractivity contribution in [2.45, 2.75) is 25.7 Å². The van der Waals surface area contributed by atoms with Gasteiger partial charge in [0.15, 0.2) is 0 Å². The molecule has 0 aliphatic carbocycles. The Kier molecular flexibility index (Phi) is 3.52. The predicted molar refractivity (Wildman–Crippen MR) is 61.7 cm³/mol. The van der Waals surface area contributed by atoms with Gasteiger partial charge in [-0.05, 0) is 19.8 Å². The molecule has 88 valence electrons. The van der Waals surface area contributed by atoms with E-state index in [2.05, 4.69) is 9.82 Å². The Morgan fingerprint density at radius 2 is 2.25 bits per heavy atom. The number of thiazole rings is 1. The number of rotatable bonds is 2. The molecule has 16 heavy (non-hydrogen) atoms. The van der Waals surface area contributed by atoms with Crippen LogP contribution in [0.25, 0.3) is 0 Å². The molecule has 0 spiro atoms. The molecule has 1 saturated heterocycles. The second-order valence-corrected chi connectivity index (χ2v) is 5.01. The van der Waals surface area contributed by atoms with Gasteiger partial charge in [-0.3, -0.25) is 5.41 Å². The van der Waals surface area contributed by atoms with E-state index < -0.39 is 0 Å². The number of nitrogens with one attached hydrogen (secondary N) is 1. The van der Waals surface area contributed by atoms with E-state index in [1.54, 1.807) is 11.3 Å². The first-order valence-electron chi connectivity index (χ1n) is 5.23. The van der Waals surface area contributed by atoms with Crippen LogP contribution in [0.3, 0.4) is 0 Å². The van der Waals surface area contributed by atoms with E-state index in [0.717, 1.165) is 35.9 Å². The third-order valence-electron chi connectivity index (χ3n) is 2.69. The fourth-order valence-electron chi connectivity index (χ4n) is 1.90. The molecule has 1 aliphatic rings. The molecule has 0 bridgehead atoms. The third kappa shape index (κ3) is 2.23. The lowest BCUT2D eigenvalue weighted by Crippen LogP contribution is -2.18. The van der Waals surface area contributed by atoms with Gasteiger partial charge in [-0.25, -0.2) is 4.98 Å². The average molecular weight is 241 g/mol. The van der Waals surface area contributed by atoms with E-state index in [9.17, 15) is 0 Å². The van der Waals surface area contributed by atoms with Gasteiger partial charge in [0.05, 0.1) is 5.01 Å². The molecule has 1 aromatic rings. The lowest BCUT2D eigenvalue weighted by molar-refractivity contribution is 0.0859. The number of aryl methyl sites for hydroxylation is 1. The Morgan fingerprint density at radius 3 is 2.88 bits per heavy atom. The maximum absolute atomic E-state index is 7.62. The predicted octanol–water partition coefficient (Wildman–Crippen LogP) is 1.56. The highest BCUT2D eigenvalue weighted by molar-refractivity contribution is 7.12. The van der Waals surface area contributed by atoms with Crippen LogP contribution in [0.15, 0.2) is 0 Å². The molecule has 0 radical (unpaired) electrons. The van der Waals surface area contributed by atoms with Crippen molar-refractivity contribution in [2.24, 2.45) is 5.90 Å². The van der Waals surface area contributed by atoms with Crippen LogP contribution in [-0.4, -0.2) is 24.1 Å². The summed E-state index contributed by atoms with van der Waals surface area (Å²) in [6.07, 6.45) is 1.96. The molecule has 2 heterocycles. The quantitative estimate of drug-likeness (QED) is 0.468. The molecular formula is C10H15N3O2S. The van der Waals surface area contributed by atoms with Gasteiger partial charge in [-0.1, -0.05) is 0 Å². The molecular weight excluding hydrogens is 226 g/mol. The lowest BCUT2D eigenvalue weighted by Gasteiger charge is -2.21. The number of aromatic nitrogens is 1. The van der Waals surface area contributed by atoms with Crippen LogP contribution in [0, 0.1) is 12.3 Å². The number of nitrogens with zero attached hydrogens (tertiary/aromatic N) is 1. The van der Waals surface area contributed by atoms with Crippen molar-refractivity contribution in [1.82, 2.24) is 4.98 Å². The maximum atomic E-state index is 7.62. The minimum absolute atomic E-state index is 0.0501. The molecule has 0 unspecified atom stereocenters. The summed E-state index contributed by atoms with van der Waals surface area (Å²) in [5, 5.41) is 8.56. The summed E-state index contributed by atoms with van der Waals surface area (Å²) < 4.78 is 5.33. The first kappa shape index (κ1) is 11.5. The van der Waals surface area contributed by atoms with Crippen molar-refractivity contribution in [2.75, 3.05) is 13.2 Å². The van der Waals surface area contributed by atoms with E-state index in [4.69, 9.17) is 16.0 Å². The van der Waals surface area contributed by atoms with Crippen LogP contribution in [0.4, 0.5) is 0 Å². The van der Waals surface area contributed by atoms with Crippen LogP contribution in [0.5, 0.6) is 0 Å². The van der Waals surface area contributed by atoms with Crippen molar-refractivity contribution >= 4 is 17.2 Å². The van der Waals surface area contributed by atoms with Gasteiger partial charge in [-0.2, -0.15) is 5.90 Å². The second kappa shape index (κ2) is 4.90. The summed E-state index contributed by atoms with van der Waals surface area (Å²) in [6.45, 7) is 3.48.